The second-order valence-corrected chi connectivity index (χ2v) is 13.1. The molecule has 17 nitrogen and oxygen atoms in total. The molecular weight excluding hydrogens is 660 g/mol. The van der Waals surface area contributed by atoms with Crippen LogP contribution >= 0.6 is 0 Å². The average Bonchev–Trinajstić information content (AvgIpc) is 3.07. The Morgan fingerprint density at radius 1 is 0.804 bits per heavy atom. The minimum absolute atomic E-state index is 0.00118. The van der Waals surface area contributed by atoms with E-state index in [9.17, 15) is 33.9 Å². The van der Waals surface area contributed by atoms with E-state index >= 15 is 0 Å². The zero-order chi connectivity index (χ0) is 37.8. The Morgan fingerprint density at radius 2 is 1.39 bits per heavy atom. The van der Waals surface area contributed by atoms with Crippen LogP contribution in [0.3, 0.4) is 0 Å². The van der Waals surface area contributed by atoms with Crippen molar-refractivity contribution in [2.45, 2.75) is 102 Å². The van der Waals surface area contributed by atoms with E-state index in [-0.39, 0.29) is 37.5 Å². The van der Waals surface area contributed by atoms with Gasteiger partial charge in [-0.25, -0.2) is 0 Å². The Morgan fingerprint density at radius 3 is 2.04 bits per heavy atom. The molecule has 1 fully saturated rings. The van der Waals surface area contributed by atoms with Crippen LogP contribution < -0.4 is 48.7 Å². The fraction of sp³-hybridized carbons (Fsp3) is 0.618. The molecule has 2 unspecified atom stereocenters. The van der Waals surface area contributed by atoms with Crippen molar-refractivity contribution in [3.63, 3.8) is 0 Å². The third kappa shape index (κ3) is 17.0. The van der Waals surface area contributed by atoms with Crippen molar-refractivity contribution in [1.29, 1.82) is 5.41 Å². The van der Waals surface area contributed by atoms with Crippen LogP contribution in [0.2, 0.25) is 0 Å². The van der Waals surface area contributed by atoms with Crippen molar-refractivity contribution in [2.24, 2.45) is 17.4 Å². The molecule has 51 heavy (non-hydrogen) atoms. The molecule has 0 aromatic heterocycles. The topological polar surface area (TPSA) is 283 Å². The molecular formula is C34H56N10O7. The van der Waals surface area contributed by atoms with E-state index in [0.717, 1.165) is 19.3 Å². The number of phenolic OH excluding ortho intramolecular Hbond substituents is 1. The molecule has 2 rings (SSSR count). The van der Waals surface area contributed by atoms with Crippen LogP contribution in [0, 0.1) is 11.3 Å². The van der Waals surface area contributed by atoms with Gasteiger partial charge in [0.1, 0.15) is 29.9 Å². The number of aromatic hydroxyl groups is 1. The number of phenols is 1. The van der Waals surface area contributed by atoms with Crippen molar-refractivity contribution in [2.75, 3.05) is 26.2 Å². The van der Waals surface area contributed by atoms with Crippen LogP contribution in [0.5, 0.6) is 5.75 Å². The summed E-state index contributed by atoms with van der Waals surface area (Å²) in [5.74, 6) is -3.88. The molecule has 17 heteroatoms. The molecule has 0 saturated carbocycles. The first kappa shape index (κ1) is 42.2. The predicted octanol–water partition coefficient (Wildman–Crippen LogP) is -1.27. The van der Waals surface area contributed by atoms with Gasteiger partial charge in [0.05, 0.1) is 13.0 Å². The van der Waals surface area contributed by atoms with Gasteiger partial charge in [-0.2, -0.15) is 0 Å². The van der Waals surface area contributed by atoms with Gasteiger partial charge in [-0.05, 0) is 68.7 Å². The number of rotatable bonds is 17. The standard InChI is InChI=1S/C34H56N10O7/c1-21(2)8-4-6-16-38-28(46)19-27-33(51)44-26(18-22-11-13-23(45)14-12-22)32(50)43-25(9-3-5-15-35)31(49)42-24(10-7-17-39-34(36)37)30(48)40-20-29(47)41-27/h11-14,21,24-27,45H,3-10,15-20,35H2,1-2H3,(H,38,46)(H,40,48)(H,41,47)(H,42,49)(H,43,50)(H,44,51)(H4,36,37,39)/t24-,25?,26+,27?/m0/s1. The number of nitrogens with one attached hydrogen (secondary N) is 8. The molecule has 1 heterocycles. The lowest BCUT2D eigenvalue weighted by atomic mass is 10.0. The molecule has 0 spiro atoms. The Hall–Kier alpha value is -4.93. The number of guanidine groups is 1. The molecule has 1 aliphatic rings. The lowest BCUT2D eigenvalue weighted by molar-refractivity contribution is -0.134. The molecule has 1 aromatic carbocycles. The molecule has 4 atom stereocenters. The number of carbonyl (C=O) groups is 6. The highest BCUT2D eigenvalue weighted by molar-refractivity contribution is 5.98. The van der Waals surface area contributed by atoms with E-state index in [0.29, 0.717) is 43.8 Å². The van der Waals surface area contributed by atoms with Crippen LogP contribution in [0.4, 0.5) is 0 Å². The van der Waals surface area contributed by atoms with E-state index in [1.54, 1.807) is 12.1 Å². The summed E-state index contributed by atoms with van der Waals surface area (Å²) < 4.78 is 0. The molecule has 0 bridgehead atoms. The lowest BCUT2D eigenvalue weighted by Gasteiger charge is -2.26. The summed E-state index contributed by atoms with van der Waals surface area (Å²) in [6.45, 7) is 4.62. The number of hydrogen-bond acceptors (Lipinski definition) is 9. The largest absolute Gasteiger partial charge is 0.508 e. The van der Waals surface area contributed by atoms with E-state index < -0.39 is 72.6 Å². The number of benzene rings is 1. The third-order valence-corrected chi connectivity index (χ3v) is 8.20. The number of amides is 6. The van der Waals surface area contributed by atoms with E-state index in [2.05, 4.69) is 51.1 Å². The van der Waals surface area contributed by atoms with Gasteiger partial charge in [0, 0.05) is 19.5 Å². The van der Waals surface area contributed by atoms with Crippen LogP contribution in [0.15, 0.2) is 24.3 Å². The zero-order valence-corrected chi connectivity index (χ0v) is 29.6. The van der Waals surface area contributed by atoms with Gasteiger partial charge in [0.2, 0.25) is 35.4 Å². The fourth-order valence-electron chi connectivity index (χ4n) is 5.36. The first-order valence-electron chi connectivity index (χ1n) is 17.6. The number of unbranched alkanes of at least 4 members (excludes halogenated alkanes) is 2. The predicted molar refractivity (Wildman–Crippen MR) is 191 cm³/mol. The van der Waals surface area contributed by atoms with E-state index in [1.165, 1.54) is 12.1 Å². The van der Waals surface area contributed by atoms with Crippen molar-refractivity contribution < 1.29 is 33.9 Å². The maximum Gasteiger partial charge on any atom is 0.243 e. The molecule has 13 N–H and O–H groups in total. The van der Waals surface area contributed by atoms with Crippen LogP contribution in [0.25, 0.3) is 0 Å². The molecule has 284 valence electrons. The maximum atomic E-state index is 13.9. The van der Waals surface area contributed by atoms with Gasteiger partial charge < -0.3 is 53.8 Å². The normalized spacial score (nSPS) is 20.5. The van der Waals surface area contributed by atoms with Crippen molar-refractivity contribution in [3.8, 4) is 5.75 Å². The number of carbonyl (C=O) groups excluding carboxylic acids is 6. The molecule has 1 aliphatic heterocycles. The Labute approximate surface area is 299 Å². The summed E-state index contributed by atoms with van der Waals surface area (Å²) in [6.07, 6.45) is 3.78. The van der Waals surface area contributed by atoms with E-state index in [4.69, 9.17) is 16.9 Å². The lowest BCUT2D eigenvalue weighted by Crippen LogP contribution is -2.58. The van der Waals surface area contributed by atoms with Gasteiger partial charge >= 0.3 is 0 Å². The van der Waals surface area contributed by atoms with Crippen molar-refractivity contribution >= 4 is 41.4 Å². The number of nitrogens with two attached hydrogens (primary N) is 2. The minimum atomic E-state index is -1.40. The molecule has 0 radical (unpaired) electrons. The molecule has 0 aliphatic carbocycles. The highest BCUT2D eigenvalue weighted by Crippen LogP contribution is 2.13. The monoisotopic (exact) mass is 716 g/mol. The Kier molecular flexibility index (Phi) is 18.8. The third-order valence-electron chi connectivity index (χ3n) is 8.20. The molecule has 1 saturated heterocycles. The van der Waals surface area contributed by atoms with Gasteiger partial charge in [0.15, 0.2) is 5.96 Å². The fourth-order valence-corrected chi connectivity index (χ4v) is 5.36. The first-order valence-corrected chi connectivity index (χ1v) is 17.6. The summed E-state index contributed by atoms with van der Waals surface area (Å²) in [5.41, 5.74) is 11.6. The zero-order valence-electron chi connectivity index (χ0n) is 29.6. The Balaban J connectivity index is 2.41. The van der Waals surface area contributed by atoms with Gasteiger partial charge in [-0.1, -0.05) is 38.8 Å². The van der Waals surface area contributed by atoms with Crippen molar-refractivity contribution in [1.82, 2.24) is 37.2 Å². The van der Waals surface area contributed by atoms with Crippen LogP contribution in [0.1, 0.15) is 77.2 Å². The second kappa shape index (κ2) is 22.7. The summed E-state index contributed by atoms with van der Waals surface area (Å²) in [4.78, 5) is 80.4. The molecule has 6 amide bonds. The smallest absolute Gasteiger partial charge is 0.243 e. The number of hydrogen-bond donors (Lipinski definition) is 11. The van der Waals surface area contributed by atoms with Gasteiger partial charge in [-0.15, -0.1) is 0 Å². The summed E-state index contributed by atoms with van der Waals surface area (Å²) in [5, 5.41) is 35.5. The average molecular weight is 717 g/mol. The highest BCUT2D eigenvalue weighted by Gasteiger charge is 2.33. The minimum Gasteiger partial charge on any atom is -0.508 e. The quantitative estimate of drug-likeness (QED) is 0.0516. The molecule has 1 aromatic rings. The van der Waals surface area contributed by atoms with E-state index in [1.807, 2.05) is 0 Å². The summed E-state index contributed by atoms with van der Waals surface area (Å²) >= 11 is 0. The summed E-state index contributed by atoms with van der Waals surface area (Å²) in [6, 6.07) is 1.10. The highest BCUT2D eigenvalue weighted by atomic mass is 16.3. The van der Waals surface area contributed by atoms with Gasteiger partial charge in [-0.3, -0.25) is 34.2 Å². The summed E-state index contributed by atoms with van der Waals surface area (Å²) in [7, 11) is 0. The van der Waals surface area contributed by atoms with Crippen LogP contribution in [-0.2, 0) is 35.2 Å². The first-order chi connectivity index (χ1) is 24.3. The SMILES string of the molecule is CC(C)CCCCNC(=O)CC1NC(=O)CNC(=O)[C@H](CCCNC(=N)N)NC(=O)C(CCCCN)NC(=O)[C@@H](Cc2ccc(O)cc2)NC1=O. The van der Waals surface area contributed by atoms with Gasteiger partial charge in [0.25, 0.3) is 0 Å². The van der Waals surface area contributed by atoms with Crippen LogP contribution in [-0.4, -0.2) is 96.9 Å². The maximum absolute atomic E-state index is 13.9. The Bertz CT molecular complexity index is 1320. The van der Waals surface area contributed by atoms with Crippen molar-refractivity contribution in [3.05, 3.63) is 29.8 Å². The second-order valence-electron chi connectivity index (χ2n) is 13.1.